The van der Waals surface area contributed by atoms with Gasteiger partial charge in [-0.3, -0.25) is 4.79 Å². The van der Waals surface area contributed by atoms with E-state index >= 15 is 0 Å². The van der Waals surface area contributed by atoms with Crippen LogP contribution in [0, 0.1) is 0 Å². The van der Waals surface area contributed by atoms with E-state index in [0.29, 0.717) is 5.70 Å². The second-order valence-corrected chi connectivity index (χ2v) is 1.71. The molecule has 0 atom stereocenters. The highest BCUT2D eigenvalue weighted by Crippen LogP contribution is 1.89. The lowest BCUT2D eigenvalue weighted by Crippen LogP contribution is -2.24. The van der Waals surface area contributed by atoms with Crippen LogP contribution in [-0.4, -0.2) is 24.9 Å². The first-order valence-corrected chi connectivity index (χ1v) is 2.21. The maximum absolute atomic E-state index is 10.2. The van der Waals surface area contributed by atoms with Crippen LogP contribution in [0.5, 0.6) is 0 Å². The van der Waals surface area contributed by atoms with E-state index in [-0.39, 0.29) is 12.4 Å². The maximum atomic E-state index is 10.2. The van der Waals surface area contributed by atoms with E-state index < -0.39 is 5.91 Å². The predicted octanol–water partition coefficient (Wildman–Crippen LogP) is -0.0312. The van der Waals surface area contributed by atoms with Gasteiger partial charge in [0.1, 0.15) is 0 Å². The van der Waals surface area contributed by atoms with Gasteiger partial charge < -0.3 is 10.6 Å². The number of hydrogen-bond acceptors (Lipinski definition) is 2. The highest BCUT2D eigenvalue weighted by atomic mass is 35.5. The lowest BCUT2D eigenvalue weighted by molar-refractivity contribution is -0.115. The van der Waals surface area contributed by atoms with Gasteiger partial charge in [-0.25, -0.2) is 0 Å². The van der Waals surface area contributed by atoms with Crippen LogP contribution in [0.25, 0.3) is 0 Å². The second-order valence-electron chi connectivity index (χ2n) is 1.71. The molecule has 0 rings (SSSR count). The number of carbonyl (C=O) groups is 1. The minimum atomic E-state index is -0.477. The number of nitrogens with two attached hydrogens (primary N) is 1. The maximum Gasteiger partial charge on any atom is 0.264 e. The first-order valence-electron chi connectivity index (χ1n) is 2.21. The Labute approximate surface area is 60.9 Å². The third-order valence-electron chi connectivity index (χ3n) is 0.824. The van der Waals surface area contributed by atoms with Gasteiger partial charge in [-0.05, 0) is 0 Å². The molecule has 0 bridgehead atoms. The van der Waals surface area contributed by atoms with Crippen LogP contribution in [0.2, 0.25) is 0 Å². The van der Waals surface area contributed by atoms with Gasteiger partial charge in [0.2, 0.25) is 0 Å². The van der Waals surface area contributed by atoms with Crippen LogP contribution in [0.3, 0.4) is 0 Å². The Kier molecular flexibility index (Phi) is 5.21. The van der Waals surface area contributed by atoms with E-state index in [0.717, 1.165) is 0 Å². The third-order valence-corrected chi connectivity index (χ3v) is 0.824. The van der Waals surface area contributed by atoms with E-state index in [1.54, 1.807) is 19.0 Å². The summed E-state index contributed by atoms with van der Waals surface area (Å²) in [5.41, 5.74) is 5.18. The highest BCUT2D eigenvalue weighted by molar-refractivity contribution is 5.90. The number of amides is 1. The summed E-state index contributed by atoms with van der Waals surface area (Å²) in [6.45, 7) is 3.41. The molecule has 1 amide bonds. The van der Waals surface area contributed by atoms with Crippen molar-refractivity contribution in [3.8, 4) is 0 Å². The number of likely N-dealkylation sites (N-methyl/N-ethyl adjacent to an activating group) is 1. The summed E-state index contributed by atoms with van der Waals surface area (Å²) in [7, 11) is 3.43. The molecule has 0 aliphatic rings. The van der Waals surface area contributed by atoms with E-state index in [2.05, 4.69) is 6.58 Å². The van der Waals surface area contributed by atoms with Crippen molar-refractivity contribution in [1.82, 2.24) is 4.90 Å². The van der Waals surface area contributed by atoms with Crippen LogP contribution in [0.15, 0.2) is 12.3 Å². The van der Waals surface area contributed by atoms with Crippen LogP contribution >= 0.6 is 12.4 Å². The molecule has 2 N–H and O–H groups in total. The van der Waals surface area contributed by atoms with Gasteiger partial charge in [-0.2, -0.15) is 0 Å². The Morgan fingerprint density at radius 3 is 1.89 bits per heavy atom. The zero-order chi connectivity index (χ0) is 6.73. The summed E-state index contributed by atoms with van der Waals surface area (Å²) in [6.07, 6.45) is 0. The van der Waals surface area contributed by atoms with Crippen LogP contribution in [0.1, 0.15) is 0 Å². The van der Waals surface area contributed by atoms with Gasteiger partial charge >= 0.3 is 0 Å². The average Bonchev–Trinajstić information content (AvgIpc) is 1.64. The van der Waals surface area contributed by atoms with Gasteiger partial charge in [0, 0.05) is 14.1 Å². The van der Waals surface area contributed by atoms with E-state index in [1.807, 2.05) is 0 Å². The second kappa shape index (κ2) is 4.21. The van der Waals surface area contributed by atoms with Gasteiger partial charge in [-0.1, -0.05) is 6.58 Å². The molecular formula is C5H11ClN2O. The van der Waals surface area contributed by atoms with Crippen LogP contribution in [0.4, 0.5) is 0 Å². The van der Waals surface area contributed by atoms with Gasteiger partial charge in [-0.15, -0.1) is 12.4 Å². The van der Waals surface area contributed by atoms with E-state index in [1.165, 1.54) is 0 Å². The normalized spacial score (nSPS) is 7.33. The molecule has 0 aromatic heterocycles. The zero-order valence-corrected chi connectivity index (χ0v) is 6.36. The SMILES string of the molecule is C=C(C(N)=O)N(C)C.Cl. The van der Waals surface area contributed by atoms with Crippen molar-refractivity contribution >= 4 is 18.3 Å². The van der Waals surface area contributed by atoms with E-state index in [4.69, 9.17) is 5.73 Å². The van der Waals surface area contributed by atoms with Crippen molar-refractivity contribution in [2.75, 3.05) is 14.1 Å². The first-order chi connectivity index (χ1) is 3.55. The minimum absolute atomic E-state index is 0. The average molecular weight is 151 g/mol. The molecule has 0 heterocycles. The minimum Gasteiger partial charge on any atom is -0.374 e. The molecule has 9 heavy (non-hydrogen) atoms. The molecule has 0 aliphatic carbocycles. The molecule has 0 unspecified atom stereocenters. The molecule has 0 aromatic carbocycles. The molecule has 3 nitrogen and oxygen atoms in total. The predicted molar refractivity (Wildman–Crippen MR) is 39.3 cm³/mol. The summed E-state index contributed by atoms with van der Waals surface area (Å²) in [5.74, 6) is -0.477. The number of carbonyl (C=O) groups excluding carboxylic acids is 1. The number of rotatable bonds is 2. The Bertz CT molecular complexity index is 122. The standard InChI is InChI=1S/C5H10N2O.ClH/c1-4(5(6)8)7(2)3;/h1H2,2-3H3,(H2,6,8);1H. The Hall–Kier alpha value is -0.700. The quantitative estimate of drug-likeness (QED) is 0.562. The summed E-state index contributed by atoms with van der Waals surface area (Å²) in [5, 5.41) is 0. The third kappa shape index (κ3) is 3.85. The van der Waals surface area contributed by atoms with E-state index in [9.17, 15) is 4.79 Å². The molecule has 0 aromatic rings. The lowest BCUT2D eigenvalue weighted by atomic mass is 10.4. The number of hydrogen-bond donors (Lipinski definition) is 1. The molecule has 0 spiro atoms. The summed E-state index contributed by atoms with van der Waals surface area (Å²) in [6, 6.07) is 0. The first kappa shape index (κ1) is 11.1. The molecule has 0 saturated heterocycles. The lowest BCUT2D eigenvalue weighted by Gasteiger charge is -2.10. The number of primary amides is 1. The van der Waals surface area contributed by atoms with Crippen molar-refractivity contribution in [2.24, 2.45) is 5.73 Å². The highest BCUT2D eigenvalue weighted by Gasteiger charge is 2.00. The Morgan fingerprint density at radius 2 is 1.89 bits per heavy atom. The molecule has 54 valence electrons. The van der Waals surface area contributed by atoms with Crippen molar-refractivity contribution < 1.29 is 4.79 Å². The largest absolute Gasteiger partial charge is 0.374 e. The van der Waals surface area contributed by atoms with Gasteiger partial charge in [0.05, 0.1) is 5.70 Å². The Morgan fingerprint density at radius 1 is 1.56 bits per heavy atom. The van der Waals surface area contributed by atoms with Gasteiger partial charge in [0.25, 0.3) is 5.91 Å². The molecular weight excluding hydrogens is 140 g/mol. The number of nitrogens with zero attached hydrogens (tertiary/aromatic N) is 1. The molecule has 0 radical (unpaired) electrons. The monoisotopic (exact) mass is 150 g/mol. The van der Waals surface area contributed by atoms with Gasteiger partial charge in [0.15, 0.2) is 0 Å². The zero-order valence-electron chi connectivity index (χ0n) is 5.55. The molecule has 0 fully saturated rings. The fourth-order valence-corrected chi connectivity index (χ4v) is 0.220. The number of halogens is 1. The fourth-order valence-electron chi connectivity index (χ4n) is 0.220. The van der Waals surface area contributed by atoms with Crippen molar-refractivity contribution in [2.45, 2.75) is 0 Å². The molecule has 0 saturated carbocycles. The van der Waals surface area contributed by atoms with Crippen LogP contribution in [-0.2, 0) is 4.79 Å². The smallest absolute Gasteiger partial charge is 0.264 e. The molecule has 0 aliphatic heterocycles. The van der Waals surface area contributed by atoms with Crippen molar-refractivity contribution in [1.29, 1.82) is 0 Å². The Balaban J connectivity index is 0. The summed E-state index contributed by atoms with van der Waals surface area (Å²) in [4.78, 5) is 11.8. The summed E-state index contributed by atoms with van der Waals surface area (Å²) < 4.78 is 0. The summed E-state index contributed by atoms with van der Waals surface area (Å²) >= 11 is 0. The van der Waals surface area contributed by atoms with Crippen molar-refractivity contribution in [3.05, 3.63) is 12.3 Å². The van der Waals surface area contributed by atoms with Crippen molar-refractivity contribution in [3.63, 3.8) is 0 Å². The fraction of sp³-hybridized carbons (Fsp3) is 0.400. The van der Waals surface area contributed by atoms with Crippen LogP contribution < -0.4 is 5.73 Å². The molecule has 4 heteroatoms. The topological polar surface area (TPSA) is 46.3 Å².